The smallest absolute Gasteiger partial charge is 0.263 e. The maximum absolute atomic E-state index is 13.3. The van der Waals surface area contributed by atoms with E-state index < -0.39 is 0 Å². The van der Waals surface area contributed by atoms with E-state index in [1.54, 1.807) is 6.92 Å². The van der Waals surface area contributed by atoms with E-state index in [9.17, 15) is 9.59 Å². The summed E-state index contributed by atoms with van der Waals surface area (Å²) in [5.41, 5.74) is 1.10. The van der Waals surface area contributed by atoms with Gasteiger partial charge in [0.1, 0.15) is 11.4 Å². The number of aromatic amines is 1. The number of carbonyl (C=O) groups excluding carboxylic acids is 1. The van der Waals surface area contributed by atoms with E-state index in [-0.39, 0.29) is 23.1 Å². The molecule has 6 nitrogen and oxygen atoms in total. The molecule has 2 aromatic rings. The fraction of sp³-hybridized carbons (Fsp3) is 0.476. The Labute approximate surface area is 158 Å². The van der Waals surface area contributed by atoms with Crippen molar-refractivity contribution in [2.75, 3.05) is 19.6 Å². The zero-order valence-electron chi connectivity index (χ0n) is 15.5. The summed E-state index contributed by atoms with van der Waals surface area (Å²) in [6, 6.07) is 11.0. The molecule has 1 aromatic carbocycles. The normalized spacial score (nSPS) is 31.7. The van der Waals surface area contributed by atoms with E-state index >= 15 is 0 Å². The summed E-state index contributed by atoms with van der Waals surface area (Å²) in [7, 11) is 0. The Balaban J connectivity index is 1.54. The van der Waals surface area contributed by atoms with E-state index in [1.807, 2.05) is 11.0 Å². The summed E-state index contributed by atoms with van der Waals surface area (Å²) in [4.78, 5) is 37.0. The van der Waals surface area contributed by atoms with Gasteiger partial charge < -0.3 is 9.88 Å². The summed E-state index contributed by atoms with van der Waals surface area (Å²) in [5, 5.41) is 0. The van der Waals surface area contributed by atoms with Gasteiger partial charge in [-0.1, -0.05) is 30.3 Å². The Morgan fingerprint density at radius 1 is 1.15 bits per heavy atom. The molecule has 4 saturated heterocycles. The average molecular weight is 364 g/mol. The molecule has 6 heteroatoms. The number of nitrogens with one attached hydrogen (secondary N) is 1. The van der Waals surface area contributed by atoms with Gasteiger partial charge in [0.15, 0.2) is 0 Å². The number of rotatable bonds is 2. The number of benzene rings is 1. The van der Waals surface area contributed by atoms with Crippen LogP contribution in [-0.4, -0.2) is 57.4 Å². The standard InChI is InChI=1S/C21H24N4O2/c1-13-22-11-16(20(26)23-13)21(27)25-12-17(14-5-3-2-4-6-14)19-18(25)15-7-9-24(19)10-8-15/h2-6,11,15,17-19H,7-10,12H2,1H3,(H,22,23,26)/t17-,18+,19+/m1/s1. The molecule has 6 rings (SSSR count). The molecule has 1 amide bonds. The number of piperidine rings is 3. The Morgan fingerprint density at radius 2 is 1.89 bits per heavy atom. The topological polar surface area (TPSA) is 69.3 Å². The molecule has 27 heavy (non-hydrogen) atoms. The van der Waals surface area contributed by atoms with E-state index in [0.29, 0.717) is 30.2 Å². The number of nitrogens with zero attached hydrogens (tertiary/aromatic N) is 3. The van der Waals surface area contributed by atoms with Gasteiger partial charge in [-0.15, -0.1) is 0 Å². The molecule has 4 fully saturated rings. The molecule has 1 N–H and O–H groups in total. The predicted octanol–water partition coefficient (Wildman–Crippen LogP) is 1.78. The number of fused-ring (bicyclic) bond motifs is 2. The van der Waals surface area contributed by atoms with Crippen LogP contribution in [0.1, 0.15) is 40.5 Å². The second-order valence-electron chi connectivity index (χ2n) is 8.04. The Hall–Kier alpha value is -2.47. The maximum Gasteiger partial charge on any atom is 0.263 e. The molecule has 4 aliphatic rings. The van der Waals surface area contributed by atoms with Gasteiger partial charge in [-0.2, -0.15) is 0 Å². The zero-order chi connectivity index (χ0) is 18.5. The Morgan fingerprint density at radius 3 is 2.59 bits per heavy atom. The van der Waals surface area contributed by atoms with E-state index in [4.69, 9.17) is 0 Å². The fourth-order valence-electron chi connectivity index (χ4n) is 5.44. The molecule has 0 spiro atoms. The van der Waals surface area contributed by atoms with Crippen molar-refractivity contribution in [1.82, 2.24) is 19.8 Å². The van der Waals surface area contributed by atoms with Crippen LogP contribution in [0.2, 0.25) is 0 Å². The SMILES string of the molecule is Cc1ncc(C(=O)N2C[C@H](c3ccccc3)[C@H]3[C@@H]2C2CCN3CC2)c(=O)[nH]1. The molecular weight excluding hydrogens is 340 g/mol. The van der Waals surface area contributed by atoms with E-state index in [1.165, 1.54) is 11.8 Å². The van der Waals surface area contributed by atoms with Crippen molar-refractivity contribution in [3.8, 4) is 0 Å². The molecule has 0 unspecified atom stereocenters. The minimum absolute atomic E-state index is 0.157. The first-order chi connectivity index (χ1) is 13.1. The largest absolute Gasteiger partial charge is 0.333 e. The molecule has 140 valence electrons. The lowest BCUT2D eigenvalue weighted by atomic mass is 9.75. The summed E-state index contributed by atoms with van der Waals surface area (Å²) in [6.07, 6.45) is 3.70. The van der Waals surface area contributed by atoms with Crippen molar-refractivity contribution in [1.29, 1.82) is 0 Å². The van der Waals surface area contributed by atoms with Crippen LogP contribution in [0.25, 0.3) is 0 Å². The lowest BCUT2D eigenvalue weighted by Gasteiger charge is -2.51. The number of amides is 1. The summed E-state index contributed by atoms with van der Waals surface area (Å²) in [5.74, 6) is 1.17. The summed E-state index contributed by atoms with van der Waals surface area (Å²) >= 11 is 0. The van der Waals surface area contributed by atoms with E-state index in [0.717, 1.165) is 25.9 Å². The summed E-state index contributed by atoms with van der Waals surface area (Å²) in [6.45, 7) is 4.62. The van der Waals surface area contributed by atoms with Crippen LogP contribution < -0.4 is 5.56 Å². The van der Waals surface area contributed by atoms with Crippen LogP contribution in [0, 0.1) is 12.8 Å². The van der Waals surface area contributed by atoms with Crippen LogP contribution in [0.4, 0.5) is 0 Å². The van der Waals surface area contributed by atoms with Crippen LogP contribution in [0.5, 0.6) is 0 Å². The number of hydrogen-bond acceptors (Lipinski definition) is 4. The first-order valence-electron chi connectivity index (χ1n) is 9.79. The first kappa shape index (κ1) is 16.7. The highest BCUT2D eigenvalue weighted by atomic mass is 16.2. The van der Waals surface area contributed by atoms with Crippen molar-refractivity contribution in [2.24, 2.45) is 5.92 Å². The van der Waals surface area contributed by atoms with Gasteiger partial charge in [0.25, 0.3) is 11.5 Å². The average Bonchev–Trinajstić information content (AvgIpc) is 3.12. The predicted molar refractivity (Wildman–Crippen MR) is 102 cm³/mol. The minimum atomic E-state index is -0.339. The Kier molecular flexibility index (Phi) is 3.90. The van der Waals surface area contributed by atoms with Gasteiger partial charge in [0.2, 0.25) is 0 Å². The third kappa shape index (κ3) is 2.62. The molecule has 0 aliphatic carbocycles. The second-order valence-corrected chi connectivity index (χ2v) is 8.04. The van der Waals surface area contributed by atoms with Gasteiger partial charge in [0.05, 0.1) is 6.04 Å². The monoisotopic (exact) mass is 364 g/mol. The van der Waals surface area contributed by atoms with Crippen molar-refractivity contribution < 1.29 is 4.79 Å². The highest BCUT2D eigenvalue weighted by Gasteiger charge is 2.54. The lowest BCUT2D eigenvalue weighted by molar-refractivity contribution is -0.00347. The van der Waals surface area contributed by atoms with Crippen molar-refractivity contribution in [3.05, 3.63) is 63.8 Å². The van der Waals surface area contributed by atoms with Crippen LogP contribution in [-0.2, 0) is 0 Å². The number of carbonyl (C=O) groups is 1. The number of likely N-dealkylation sites (tertiary alicyclic amines) is 1. The highest BCUT2D eigenvalue weighted by Crippen LogP contribution is 2.46. The van der Waals surface area contributed by atoms with Crippen LogP contribution in [0.15, 0.2) is 41.3 Å². The number of hydrogen-bond donors (Lipinski definition) is 1. The van der Waals surface area contributed by atoms with Gasteiger partial charge in [-0.05, 0) is 44.3 Å². The number of aromatic nitrogens is 2. The van der Waals surface area contributed by atoms with Crippen LogP contribution in [0.3, 0.4) is 0 Å². The van der Waals surface area contributed by atoms with Gasteiger partial charge in [-0.25, -0.2) is 4.98 Å². The Bertz CT molecular complexity index is 917. The number of H-pyrrole nitrogens is 1. The first-order valence-corrected chi connectivity index (χ1v) is 9.79. The fourth-order valence-corrected chi connectivity index (χ4v) is 5.44. The van der Waals surface area contributed by atoms with Crippen molar-refractivity contribution in [3.63, 3.8) is 0 Å². The maximum atomic E-state index is 13.3. The molecular formula is C21H24N4O2. The van der Waals surface area contributed by atoms with Crippen LogP contribution >= 0.6 is 0 Å². The third-order valence-electron chi connectivity index (χ3n) is 6.64. The molecule has 3 atom stereocenters. The molecule has 5 heterocycles. The molecule has 1 aromatic heterocycles. The molecule has 2 bridgehead atoms. The van der Waals surface area contributed by atoms with E-state index in [2.05, 4.69) is 39.1 Å². The lowest BCUT2D eigenvalue weighted by Crippen LogP contribution is -2.61. The van der Waals surface area contributed by atoms with Crippen molar-refractivity contribution >= 4 is 5.91 Å². The van der Waals surface area contributed by atoms with Gasteiger partial charge in [0, 0.05) is 24.7 Å². The highest BCUT2D eigenvalue weighted by molar-refractivity contribution is 5.94. The summed E-state index contributed by atoms with van der Waals surface area (Å²) < 4.78 is 0. The molecule has 0 saturated carbocycles. The second kappa shape index (κ2) is 6.30. The quantitative estimate of drug-likeness (QED) is 0.882. The van der Waals surface area contributed by atoms with Gasteiger partial charge >= 0.3 is 0 Å². The molecule has 4 aliphatic heterocycles. The minimum Gasteiger partial charge on any atom is -0.333 e. The number of aryl methyl sites for hydroxylation is 1. The molecule has 0 radical (unpaired) electrons. The third-order valence-corrected chi connectivity index (χ3v) is 6.64. The zero-order valence-corrected chi connectivity index (χ0v) is 15.5. The van der Waals surface area contributed by atoms with Crippen molar-refractivity contribution in [2.45, 2.75) is 37.8 Å². The van der Waals surface area contributed by atoms with Gasteiger partial charge in [-0.3, -0.25) is 14.5 Å².